The first kappa shape index (κ1) is 13.3. The van der Waals surface area contributed by atoms with E-state index in [4.69, 9.17) is 4.74 Å². The molecule has 0 unspecified atom stereocenters. The summed E-state index contributed by atoms with van der Waals surface area (Å²) in [5, 5.41) is 3.07. The van der Waals surface area contributed by atoms with Gasteiger partial charge in [0.05, 0.1) is 12.9 Å². The minimum absolute atomic E-state index is 0.494. The number of nitrogens with zero attached hydrogens (tertiary/aromatic N) is 4. The van der Waals surface area contributed by atoms with E-state index in [2.05, 4.69) is 30.2 Å². The first-order valence-corrected chi connectivity index (χ1v) is 6.84. The smallest absolute Gasteiger partial charge is 0.245 e. The van der Waals surface area contributed by atoms with Crippen molar-refractivity contribution in [1.82, 2.24) is 24.9 Å². The number of hydrogen-bond donors (Lipinski definition) is 2. The van der Waals surface area contributed by atoms with Crippen LogP contribution in [0.4, 0.5) is 5.95 Å². The molecule has 2 N–H and O–H groups in total. The van der Waals surface area contributed by atoms with Crippen LogP contribution in [0, 0.1) is 0 Å². The van der Waals surface area contributed by atoms with Crippen molar-refractivity contribution in [2.45, 2.75) is 13.3 Å². The molecule has 0 fully saturated rings. The van der Waals surface area contributed by atoms with Gasteiger partial charge in [-0.3, -0.25) is 4.98 Å². The van der Waals surface area contributed by atoms with Crippen molar-refractivity contribution in [3.63, 3.8) is 0 Å². The molecule has 0 saturated carbocycles. The van der Waals surface area contributed by atoms with E-state index in [1.165, 1.54) is 0 Å². The number of anilines is 1. The maximum Gasteiger partial charge on any atom is 0.245 e. The second-order valence-corrected chi connectivity index (χ2v) is 4.40. The Bertz CT molecular complexity index is 712. The Morgan fingerprint density at radius 2 is 2.19 bits per heavy atom. The van der Waals surface area contributed by atoms with E-state index < -0.39 is 0 Å². The minimum atomic E-state index is 0.494. The van der Waals surface area contributed by atoms with Gasteiger partial charge in [0, 0.05) is 24.9 Å². The molecule has 108 valence electrons. The van der Waals surface area contributed by atoms with Crippen molar-refractivity contribution in [3.05, 3.63) is 36.4 Å². The summed E-state index contributed by atoms with van der Waals surface area (Å²) in [6.45, 7) is 3.22. The van der Waals surface area contributed by atoms with E-state index in [1.54, 1.807) is 12.5 Å². The topological polar surface area (TPSA) is 88.6 Å². The molecule has 0 aliphatic heterocycles. The Balaban J connectivity index is 1.74. The van der Waals surface area contributed by atoms with Crippen LogP contribution in [0.15, 0.2) is 30.7 Å². The summed E-state index contributed by atoms with van der Waals surface area (Å²) < 4.78 is 5.77. The zero-order valence-electron chi connectivity index (χ0n) is 11.7. The van der Waals surface area contributed by atoms with Crippen LogP contribution in [-0.4, -0.2) is 38.1 Å². The molecule has 0 aliphatic rings. The van der Waals surface area contributed by atoms with Gasteiger partial charge in [-0.2, -0.15) is 9.97 Å². The number of hydrogen-bond acceptors (Lipinski definition) is 6. The fourth-order valence-corrected chi connectivity index (χ4v) is 1.95. The molecule has 0 spiro atoms. The Morgan fingerprint density at radius 3 is 3.00 bits per heavy atom. The summed E-state index contributed by atoms with van der Waals surface area (Å²) >= 11 is 0. The molecule has 3 aromatic rings. The van der Waals surface area contributed by atoms with Crippen LogP contribution in [-0.2, 0) is 6.42 Å². The number of rotatable bonds is 6. The van der Waals surface area contributed by atoms with E-state index in [0.29, 0.717) is 29.6 Å². The summed E-state index contributed by atoms with van der Waals surface area (Å²) in [5.74, 6) is 1.02. The number of pyridine rings is 1. The third kappa shape index (κ3) is 3.07. The molecule has 0 saturated heterocycles. The lowest BCUT2D eigenvalue weighted by Gasteiger charge is -2.08. The highest BCUT2D eigenvalue weighted by molar-refractivity contribution is 5.76. The molecule has 0 radical (unpaired) electrons. The van der Waals surface area contributed by atoms with Crippen LogP contribution in [0.25, 0.3) is 11.2 Å². The summed E-state index contributed by atoms with van der Waals surface area (Å²) in [5.41, 5.74) is 2.28. The number of H-pyrrole nitrogens is 1. The first-order chi connectivity index (χ1) is 10.4. The van der Waals surface area contributed by atoms with Gasteiger partial charge in [0.25, 0.3) is 0 Å². The Kier molecular flexibility index (Phi) is 3.90. The van der Waals surface area contributed by atoms with Gasteiger partial charge in [-0.25, -0.2) is 4.98 Å². The molecule has 21 heavy (non-hydrogen) atoms. The number of ether oxygens (including phenoxy) is 1. The maximum atomic E-state index is 5.77. The summed E-state index contributed by atoms with van der Waals surface area (Å²) in [7, 11) is 0. The quantitative estimate of drug-likeness (QED) is 0.717. The standard InChI is InChI=1S/C14H16N6O/c1-2-15-14-19-12-11(17-9-18-12)13(20-14)21-8-6-10-5-3-4-7-16-10/h3-5,7,9H,2,6,8H2,1H3,(H2,15,17,18,19,20). The monoisotopic (exact) mass is 284 g/mol. The normalized spacial score (nSPS) is 10.7. The van der Waals surface area contributed by atoms with Crippen molar-refractivity contribution in [2.75, 3.05) is 18.5 Å². The van der Waals surface area contributed by atoms with E-state index in [0.717, 1.165) is 18.7 Å². The number of aromatic amines is 1. The predicted octanol–water partition coefficient (Wildman–Crippen LogP) is 1.80. The zero-order valence-corrected chi connectivity index (χ0v) is 11.7. The summed E-state index contributed by atoms with van der Waals surface area (Å²) in [4.78, 5) is 20.1. The highest BCUT2D eigenvalue weighted by Gasteiger charge is 2.10. The van der Waals surface area contributed by atoms with Crippen LogP contribution in [0.3, 0.4) is 0 Å². The molecule has 3 aromatic heterocycles. The lowest BCUT2D eigenvalue weighted by Crippen LogP contribution is -2.07. The van der Waals surface area contributed by atoms with Crippen molar-refractivity contribution < 1.29 is 4.74 Å². The van der Waals surface area contributed by atoms with E-state index in [1.807, 2.05) is 25.1 Å². The van der Waals surface area contributed by atoms with Gasteiger partial charge < -0.3 is 15.0 Å². The SMILES string of the molecule is CCNc1nc(OCCc2ccccn2)c2[nH]cnc2n1. The number of nitrogens with one attached hydrogen (secondary N) is 2. The first-order valence-electron chi connectivity index (χ1n) is 6.84. The van der Waals surface area contributed by atoms with Gasteiger partial charge in [0.1, 0.15) is 5.52 Å². The molecule has 3 heterocycles. The second-order valence-electron chi connectivity index (χ2n) is 4.40. The molecule has 7 heteroatoms. The lowest BCUT2D eigenvalue weighted by molar-refractivity contribution is 0.312. The van der Waals surface area contributed by atoms with Gasteiger partial charge in [0.2, 0.25) is 11.8 Å². The molecule has 3 rings (SSSR count). The number of fused-ring (bicyclic) bond motifs is 1. The van der Waals surface area contributed by atoms with Gasteiger partial charge in [-0.1, -0.05) is 6.07 Å². The Labute approximate surface area is 121 Å². The third-order valence-electron chi connectivity index (χ3n) is 2.91. The predicted molar refractivity (Wildman–Crippen MR) is 79.3 cm³/mol. The highest BCUT2D eigenvalue weighted by Crippen LogP contribution is 2.20. The Morgan fingerprint density at radius 1 is 1.24 bits per heavy atom. The third-order valence-corrected chi connectivity index (χ3v) is 2.91. The fraction of sp³-hybridized carbons (Fsp3) is 0.286. The van der Waals surface area contributed by atoms with Crippen LogP contribution in [0.1, 0.15) is 12.6 Å². The number of aromatic nitrogens is 5. The van der Waals surface area contributed by atoms with Crippen molar-refractivity contribution in [2.24, 2.45) is 0 Å². The maximum absolute atomic E-state index is 5.77. The van der Waals surface area contributed by atoms with Crippen molar-refractivity contribution in [3.8, 4) is 5.88 Å². The van der Waals surface area contributed by atoms with Crippen molar-refractivity contribution >= 4 is 17.1 Å². The van der Waals surface area contributed by atoms with Crippen molar-refractivity contribution in [1.29, 1.82) is 0 Å². The van der Waals surface area contributed by atoms with Crippen LogP contribution in [0.5, 0.6) is 5.88 Å². The van der Waals surface area contributed by atoms with Crippen LogP contribution in [0.2, 0.25) is 0 Å². The molecule has 7 nitrogen and oxygen atoms in total. The highest BCUT2D eigenvalue weighted by atomic mass is 16.5. The number of imidazole rings is 1. The molecular formula is C14H16N6O. The van der Waals surface area contributed by atoms with Crippen LogP contribution >= 0.6 is 0 Å². The molecule has 0 bridgehead atoms. The van der Waals surface area contributed by atoms with Gasteiger partial charge >= 0.3 is 0 Å². The van der Waals surface area contributed by atoms with E-state index in [9.17, 15) is 0 Å². The van der Waals surface area contributed by atoms with Gasteiger partial charge in [-0.05, 0) is 19.1 Å². The second kappa shape index (κ2) is 6.17. The molecule has 0 amide bonds. The molecule has 0 atom stereocenters. The fourth-order valence-electron chi connectivity index (χ4n) is 1.95. The van der Waals surface area contributed by atoms with Crippen LogP contribution < -0.4 is 10.1 Å². The minimum Gasteiger partial charge on any atom is -0.476 e. The lowest BCUT2D eigenvalue weighted by atomic mass is 10.3. The van der Waals surface area contributed by atoms with E-state index >= 15 is 0 Å². The largest absolute Gasteiger partial charge is 0.476 e. The molecular weight excluding hydrogens is 268 g/mol. The van der Waals surface area contributed by atoms with Gasteiger partial charge in [0.15, 0.2) is 5.65 Å². The molecule has 0 aliphatic carbocycles. The average molecular weight is 284 g/mol. The summed E-state index contributed by atoms with van der Waals surface area (Å²) in [6.07, 6.45) is 4.08. The summed E-state index contributed by atoms with van der Waals surface area (Å²) in [6, 6.07) is 5.83. The average Bonchev–Trinajstić information content (AvgIpc) is 2.97. The molecule has 0 aromatic carbocycles. The van der Waals surface area contributed by atoms with E-state index in [-0.39, 0.29) is 0 Å². The Hall–Kier alpha value is -2.70. The van der Waals surface area contributed by atoms with Gasteiger partial charge in [-0.15, -0.1) is 0 Å². The zero-order chi connectivity index (χ0) is 14.5.